The number of hydrogen-bond donors (Lipinski definition) is 1. The van der Waals surface area contributed by atoms with Crippen LogP contribution in [0.4, 0.5) is 0 Å². The van der Waals surface area contributed by atoms with Gasteiger partial charge in [-0.1, -0.05) is 0 Å². The van der Waals surface area contributed by atoms with E-state index in [0.717, 1.165) is 18.5 Å². The van der Waals surface area contributed by atoms with Crippen molar-refractivity contribution in [3.63, 3.8) is 0 Å². The first-order chi connectivity index (χ1) is 9.09. The Balaban J connectivity index is 1.96. The van der Waals surface area contributed by atoms with Gasteiger partial charge < -0.3 is 0 Å². The summed E-state index contributed by atoms with van der Waals surface area (Å²) in [4.78, 5) is 0.237. The van der Waals surface area contributed by atoms with Crippen molar-refractivity contribution in [1.29, 1.82) is 0 Å². The molecule has 0 spiro atoms. The maximum atomic E-state index is 12.6. The Morgan fingerprint density at radius 3 is 2.95 bits per heavy atom. The lowest BCUT2D eigenvalue weighted by Gasteiger charge is -2.22. The fourth-order valence-corrected chi connectivity index (χ4v) is 4.12. The number of hydrogen-bond acceptors (Lipinski definition) is 4. The zero-order chi connectivity index (χ0) is 13.5. The standard InChI is InChI=1S/C11H15N5O2S/c1-15-8-9(7-13-15)19(17,18)16-6-2-3-11(16)10-4-5-12-14-10/h4-5,7-8,11H,2-3,6H2,1H3,(H,12,14)/t11-/m1/s1. The van der Waals surface area contributed by atoms with Crippen LogP contribution in [-0.4, -0.2) is 39.2 Å². The molecule has 2 aromatic rings. The van der Waals surface area contributed by atoms with Crippen LogP contribution in [-0.2, 0) is 17.1 Å². The summed E-state index contributed by atoms with van der Waals surface area (Å²) in [6.07, 6.45) is 6.21. The van der Waals surface area contributed by atoms with Crippen molar-refractivity contribution in [2.24, 2.45) is 7.05 Å². The van der Waals surface area contributed by atoms with Gasteiger partial charge in [-0.25, -0.2) is 8.42 Å². The molecule has 102 valence electrons. The van der Waals surface area contributed by atoms with Crippen LogP contribution in [0.1, 0.15) is 24.6 Å². The monoisotopic (exact) mass is 281 g/mol. The van der Waals surface area contributed by atoms with E-state index in [1.54, 1.807) is 13.2 Å². The number of aryl methyl sites for hydroxylation is 1. The highest BCUT2D eigenvalue weighted by Crippen LogP contribution is 2.35. The zero-order valence-electron chi connectivity index (χ0n) is 10.5. The van der Waals surface area contributed by atoms with Crippen LogP contribution in [0.2, 0.25) is 0 Å². The Bertz CT molecular complexity index is 661. The van der Waals surface area contributed by atoms with Crippen molar-refractivity contribution in [2.45, 2.75) is 23.8 Å². The van der Waals surface area contributed by atoms with Gasteiger partial charge in [-0.05, 0) is 18.9 Å². The number of nitrogens with one attached hydrogen (secondary N) is 1. The average molecular weight is 281 g/mol. The van der Waals surface area contributed by atoms with E-state index < -0.39 is 10.0 Å². The van der Waals surface area contributed by atoms with Crippen LogP contribution in [0.3, 0.4) is 0 Å². The van der Waals surface area contributed by atoms with E-state index in [1.807, 2.05) is 6.07 Å². The molecule has 3 rings (SSSR count). The Morgan fingerprint density at radius 1 is 1.47 bits per heavy atom. The fourth-order valence-electron chi connectivity index (χ4n) is 2.46. The third-order valence-electron chi connectivity index (χ3n) is 3.37. The molecule has 19 heavy (non-hydrogen) atoms. The van der Waals surface area contributed by atoms with Gasteiger partial charge in [-0.15, -0.1) is 0 Å². The average Bonchev–Trinajstić information content (AvgIpc) is 3.09. The second kappa shape index (κ2) is 4.46. The number of sulfonamides is 1. The summed E-state index contributed by atoms with van der Waals surface area (Å²) in [5.41, 5.74) is 0.838. The molecule has 1 aliphatic heterocycles. The minimum atomic E-state index is -3.49. The predicted octanol–water partition coefficient (Wildman–Crippen LogP) is 0.669. The van der Waals surface area contributed by atoms with Gasteiger partial charge in [0.25, 0.3) is 0 Å². The van der Waals surface area contributed by atoms with Gasteiger partial charge in [0.2, 0.25) is 10.0 Å². The summed E-state index contributed by atoms with van der Waals surface area (Å²) in [6, 6.07) is 1.66. The number of nitrogens with zero attached hydrogens (tertiary/aromatic N) is 4. The minimum absolute atomic E-state index is 0.160. The van der Waals surface area contributed by atoms with Crippen molar-refractivity contribution in [1.82, 2.24) is 24.3 Å². The molecule has 0 aromatic carbocycles. The van der Waals surface area contributed by atoms with Gasteiger partial charge in [-0.2, -0.15) is 14.5 Å². The van der Waals surface area contributed by atoms with Gasteiger partial charge in [0.1, 0.15) is 4.90 Å². The maximum Gasteiger partial charge on any atom is 0.246 e. The fraction of sp³-hybridized carbons (Fsp3) is 0.455. The first-order valence-electron chi connectivity index (χ1n) is 6.09. The molecule has 7 nitrogen and oxygen atoms in total. The van der Waals surface area contributed by atoms with Crippen molar-refractivity contribution >= 4 is 10.0 Å². The van der Waals surface area contributed by atoms with Crippen molar-refractivity contribution in [2.75, 3.05) is 6.54 Å². The maximum absolute atomic E-state index is 12.6. The second-order valence-corrected chi connectivity index (χ2v) is 6.53. The van der Waals surface area contributed by atoms with E-state index in [1.165, 1.54) is 21.4 Å². The van der Waals surface area contributed by atoms with E-state index in [2.05, 4.69) is 15.3 Å². The van der Waals surface area contributed by atoms with Crippen molar-refractivity contribution in [3.05, 3.63) is 30.4 Å². The summed E-state index contributed by atoms with van der Waals surface area (Å²) >= 11 is 0. The topological polar surface area (TPSA) is 83.9 Å². The molecular weight excluding hydrogens is 266 g/mol. The van der Waals surface area contributed by atoms with E-state index in [9.17, 15) is 8.42 Å². The van der Waals surface area contributed by atoms with E-state index >= 15 is 0 Å². The molecule has 0 amide bonds. The third kappa shape index (κ3) is 2.06. The number of aromatic amines is 1. The lowest BCUT2D eigenvalue weighted by Crippen LogP contribution is -2.30. The minimum Gasteiger partial charge on any atom is -0.281 e. The van der Waals surface area contributed by atoms with Gasteiger partial charge >= 0.3 is 0 Å². The van der Waals surface area contributed by atoms with Gasteiger partial charge in [0.05, 0.1) is 17.9 Å². The molecule has 8 heteroatoms. The summed E-state index contributed by atoms with van der Waals surface area (Å²) < 4.78 is 28.2. The van der Waals surface area contributed by atoms with E-state index in [0.29, 0.717) is 6.54 Å². The first kappa shape index (κ1) is 12.4. The van der Waals surface area contributed by atoms with Crippen LogP contribution in [0.15, 0.2) is 29.6 Å². The zero-order valence-corrected chi connectivity index (χ0v) is 11.3. The molecule has 0 radical (unpaired) electrons. The first-order valence-corrected chi connectivity index (χ1v) is 7.53. The van der Waals surface area contributed by atoms with Gasteiger partial charge in [-0.3, -0.25) is 9.78 Å². The lowest BCUT2D eigenvalue weighted by molar-refractivity contribution is 0.390. The molecule has 0 bridgehead atoms. The molecule has 1 atom stereocenters. The molecule has 0 aliphatic carbocycles. The van der Waals surface area contributed by atoms with Crippen molar-refractivity contribution in [3.8, 4) is 0 Å². The van der Waals surface area contributed by atoms with Gasteiger partial charge in [0, 0.05) is 26.0 Å². The number of rotatable bonds is 3. The highest BCUT2D eigenvalue weighted by molar-refractivity contribution is 7.89. The third-order valence-corrected chi connectivity index (χ3v) is 5.23. The van der Waals surface area contributed by atoms with E-state index in [4.69, 9.17) is 0 Å². The summed E-state index contributed by atoms with van der Waals surface area (Å²) in [5, 5.41) is 10.7. The molecular formula is C11H15N5O2S. The van der Waals surface area contributed by atoms with Crippen LogP contribution in [0.5, 0.6) is 0 Å². The smallest absolute Gasteiger partial charge is 0.246 e. The Kier molecular flexibility index (Phi) is 2.90. The lowest BCUT2D eigenvalue weighted by atomic mass is 10.2. The summed E-state index contributed by atoms with van der Waals surface area (Å²) in [6.45, 7) is 0.529. The molecule has 0 unspecified atom stereocenters. The predicted molar refractivity (Wildman–Crippen MR) is 67.7 cm³/mol. The summed E-state index contributed by atoms with van der Waals surface area (Å²) in [7, 11) is -1.79. The molecule has 1 N–H and O–H groups in total. The molecule has 3 heterocycles. The second-order valence-electron chi connectivity index (χ2n) is 4.64. The molecule has 1 saturated heterocycles. The van der Waals surface area contributed by atoms with Crippen molar-refractivity contribution < 1.29 is 8.42 Å². The highest BCUT2D eigenvalue weighted by Gasteiger charge is 2.37. The van der Waals surface area contributed by atoms with Crippen LogP contribution < -0.4 is 0 Å². The summed E-state index contributed by atoms with van der Waals surface area (Å²) in [5.74, 6) is 0. The van der Waals surface area contributed by atoms with Crippen LogP contribution in [0, 0.1) is 0 Å². The number of aromatic nitrogens is 4. The molecule has 1 fully saturated rings. The Hall–Kier alpha value is -1.67. The number of H-pyrrole nitrogens is 1. The Morgan fingerprint density at radius 2 is 2.32 bits per heavy atom. The van der Waals surface area contributed by atoms with Crippen LogP contribution >= 0.6 is 0 Å². The SMILES string of the molecule is Cn1cc(S(=O)(=O)N2CCC[C@@H]2c2ccn[nH]2)cn1. The highest BCUT2D eigenvalue weighted by atomic mass is 32.2. The van der Waals surface area contributed by atoms with E-state index in [-0.39, 0.29) is 10.9 Å². The van der Waals surface area contributed by atoms with Gasteiger partial charge in [0.15, 0.2) is 0 Å². The quantitative estimate of drug-likeness (QED) is 0.896. The molecule has 2 aromatic heterocycles. The molecule has 0 saturated carbocycles. The largest absolute Gasteiger partial charge is 0.281 e. The molecule has 1 aliphatic rings. The van der Waals surface area contributed by atoms with Crippen LogP contribution in [0.25, 0.3) is 0 Å². The Labute approximate surface area is 111 Å². The normalized spacial score (nSPS) is 21.0.